The zero-order valence-corrected chi connectivity index (χ0v) is 12.8. The topological polar surface area (TPSA) is 67.6 Å². The highest BCUT2D eigenvalue weighted by Gasteiger charge is 2.50. The molecule has 0 radical (unpaired) electrons. The van der Waals surface area contributed by atoms with E-state index < -0.39 is 0 Å². The second-order valence-corrected chi connectivity index (χ2v) is 6.83. The smallest absolute Gasteiger partial charge is 0.257 e. The average Bonchev–Trinajstić information content (AvgIpc) is 2.68. The van der Waals surface area contributed by atoms with Crippen molar-refractivity contribution in [3.05, 3.63) is 29.3 Å². The minimum Gasteiger partial charge on any atom is -0.491 e. The molecule has 1 atom stereocenters. The molecule has 2 fully saturated rings. The summed E-state index contributed by atoms with van der Waals surface area (Å²) >= 11 is 0. The van der Waals surface area contributed by atoms with Gasteiger partial charge >= 0.3 is 0 Å². The molecule has 1 aliphatic carbocycles. The summed E-state index contributed by atoms with van der Waals surface area (Å²) in [6.45, 7) is 3.62. The fourth-order valence-corrected chi connectivity index (χ4v) is 3.99. The van der Waals surface area contributed by atoms with Gasteiger partial charge in [-0.25, -0.2) is 0 Å². The molecule has 5 nitrogen and oxygen atoms in total. The van der Waals surface area contributed by atoms with Gasteiger partial charge in [-0.2, -0.15) is 0 Å². The zero-order valence-electron chi connectivity index (χ0n) is 12.8. The Morgan fingerprint density at radius 2 is 2.27 bits per heavy atom. The van der Waals surface area contributed by atoms with Crippen LogP contribution in [0, 0.1) is 5.41 Å². The lowest BCUT2D eigenvalue weighted by Crippen LogP contribution is -2.45. The summed E-state index contributed by atoms with van der Waals surface area (Å²) < 4.78 is 5.84. The molecule has 2 aliphatic heterocycles. The van der Waals surface area contributed by atoms with Gasteiger partial charge in [0.05, 0.1) is 5.56 Å². The Morgan fingerprint density at radius 3 is 3.00 bits per heavy atom. The molecule has 0 bridgehead atoms. The highest BCUT2D eigenvalue weighted by molar-refractivity contribution is 5.97. The summed E-state index contributed by atoms with van der Waals surface area (Å²) in [5.41, 5.74) is 8.24. The van der Waals surface area contributed by atoms with Crippen molar-refractivity contribution in [3.63, 3.8) is 0 Å². The SMILES string of the molecule is NC1CN(C(=O)c2cccc3c2OCCNC3)CC12CCC2. The van der Waals surface area contributed by atoms with Gasteiger partial charge in [0.2, 0.25) is 0 Å². The van der Waals surface area contributed by atoms with E-state index in [0.29, 0.717) is 18.7 Å². The Bertz CT molecular complexity index is 598. The van der Waals surface area contributed by atoms with Crippen molar-refractivity contribution in [2.75, 3.05) is 26.2 Å². The minimum atomic E-state index is 0.0676. The van der Waals surface area contributed by atoms with Gasteiger partial charge in [-0.1, -0.05) is 18.6 Å². The number of amides is 1. The van der Waals surface area contributed by atoms with E-state index in [1.54, 1.807) is 0 Å². The van der Waals surface area contributed by atoms with E-state index in [4.69, 9.17) is 10.5 Å². The monoisotopic (exact) mass is 301 g/mol. The van der Waals surface area contributed by atoms with E-state index >= 15 is 0 Å². The third-order valence-corrected chi connectivity index (χ3v) is 5.51. The molecule has 2 heterocycles. The van der Waals surface area contributed by atoms with Crippen LogP contribution in [0.2, 0.25) is 0 Å². The number of ether oxygens (including phenoxy) is 1. The molecule has 1 aromatic carbocycles. The fourth-order valence-electron chi connectivity index (χ4n) is 3.99. The molecule has 5 heteroatoms. The number of fused-ring (bicyclic) bond motifs is 1. The lowest BCUT2D eigenvalue weighted by molar-refractivity contribution is 0.0722. The van der Waals surface area contributed by atoms with Crippen LogP contribution in [0.3, 0.4) is 0 Å². The lowest BCUT2D eigenvalue weighted by atomic mass is 9.66. The van der Waals surface area contributed by atoms with Gasteiger partial charge in [-0.15, -0.1) is 0 Å². The summed E-state index contributed by atoms with van der Waals surface area (Å²) in [5.74, 6) is 0.818. The number of nitrogens with zero attached hydrogens (tertiary/aromatic N) is 1. The van der Waals surface area contributed by atoms with Crippen LogP contribution in [0.15, 0.2) is 18.2 Å². The molecule has 1 saturated heterocycles. The van der Waals surface area contributed by atoms with Crippen LogP contribution < -0.4 is 15.8 Å². The van der Waals surface area contributed by atoms with Gasteiger partial charge in [0, 0.05) is 43.2 Å². The molecule has 118 valence electrons. The third kappa shape index (κ3) is 2.11. The predicted molar refractivity (Wildman–Crippen MR) is 83.8 cm³/mol. The molecule has 1 spiro atoms. The van der Waals surface area contributed by atoms with E-state index in [0.717, 1.165) is 43.8 Å². The van der Waals surface area contributed by atoms with E-state index in [1.807, 2.05) is 23.1 Å². The number of hydrogen-bond acceptors (Lipinski definition) is 4. The Hall–Kier alpha value is -1.59. The number of rotatable bonds is 1. The number of para-hydroxylation sites is 1. The molecule has 22 heavy (non-hydrogen) atoms. The van der Waals surface area contributed by atoms with Gasteiger partial charge in [0.25, 0.3) is 5.91 Å². The van der Waals surface area contributed by atoms with Crippen LogP contribution >= 0.6 is 0 Å². The lowest BCUT2D eigenvalue weighted by Gasteiger charge is -2.41. The van der Waals surface area contributed by atoms with E-state index in [2.05, 4.69) is 5.32 Å². The Kier molecular flexibility index (Phi) is 3.35. The van der Waals surface area contributed by atoms with Gasteiger partial charge in [0.1, 0.15) is 12.4 Å². The molecule has 4 rings (SSSR count). The normalized spacial score (nSPS) is 26.0. The van der Waals surface area contributed by atoms with Crippen LogP contribution in [0.1, 0.15) is 35.2 Å². The van der Waals surface area contributed by atoms with Crippen LogP contribution in [0.4, 0.5) is 0 Å². The van der Waals surface area contributed by atoms with Crippen molar-refractivity contribution in [2.45, 2.75) is 31.8 Å². The summed E-state index contributed by atoms with van der Waals surface area (Å²) in [6, 6.07) is 5.96. The van der Waals surface area contributed by atoms with Crippen molar-refractivity contribution in [1.82, 2.24) is 10.2 Å². The molecule has 3 aliphatic rings. The van der Waals surface area contributed by atoms with E-state index in [-0.39, 0.29) is 17.4 Å². The number of carbonyl (C=O) groups is 1. The largest absolute Gasteiger partial charge is 0.491 e. The Labute approximate surface area is 130 Å². The molecular weight excluding hydrogens is 278 g/mol. The molecule has 1 amide bonds. The zero-order chi connectivity index (χ0) is 15.2. The van der Waals surface area contributed by atoms with Crippen LogP contribution in [0.5, 0.6) is 5.75 Å². The van der Waals surface area contributed by atoms with Gasteiger partial charge < -0.3 is 20.7 Å². The van der Waals surface area contributed by atoms with Crippen LogP contribution in [-0.4, -0.2) is 43.1 Å². The van der Waals surface area contributed by atoms with E-state index in [9.17, 15) is 4.79 Å². The highest BCUT2D eigenvalue weighted by Crippen LogP contribution is 2.47. The molecular formula is C17H23N3O2. The third-order valence-electron chi connectivity index (χ3n) is 5.51. The summed E-state index contributed by atoms with van der Waals surface area (Å²) in [4.78, 5) is 14.9. The maximum atomic E-state index is 13.0. The number of likely N-dealkylation sites (tertiary alicyclic amines) is 1. The van der Waals surface area contributed by atoms with Crippen LogP contribution in [0.25, 0.3) is 0 Å². The van der Waals surface area contributed by atoms with Crippen LogP contribution in [-0.2, 0) is 6.54 Å². The first-order valence-electron chi connectivity index (χ1n) is 8.20. The minimum absolute atomic E-state index is 0.0676. The van der Waals surface area contributed by atoms with Gasteiger partial charge in [-0.3, -0.25) is 4.79 Å². The average molecular weight is 301 g/mol. The number of benzene rings is 1. The van der Waals surface area contributed by atoms with Gasteiger partial charge in [-0.05, 0) is 18.9 Å². The van der Waals surface area contributed by atoms with Crippen molar-refractivity contribution in [2.24, 2.45) is 11.1 Å². The molecule has 1 unspecified atom stereocenters. The maximum Gasteiger partial charge on any atom is 0.257 e. The Balaban J connectivity index is 1.61. The Morgan fingerprint density at radius 1 is 1.41 bits per heavy atom. The number of nitrogens with one attached hydrogen (secondary N) is 1. The summed E-state index contributed by atoms with van der Waals surface area (Å²) in [5, 5.41) is 3.31. The first-order valence-corrected chi connectivity index (χ1v) is 8.20. The molecule has 1 aromatic rings. The second-order valence-electron chi connectivity index (χ2n) is 6.83. The summed E-state index contributed by atoms with van der Waals surface area (Å²) in [6.07, 6.45) is 3.56. The standard InChI is InChI=1S/C17H23N3O2/c18-14-10-20(11-17(14)5-2-6-17)16(21)13-4-1-3-12-9-19-7-8-22-15(12)13/h1,3-4,14,19H,2,5-11,18H2. The quantitative estimate of drug-likeness (QED) is 0.816. The number of hydrogen-bond donors (Lipinski definition) is 2. The van der Waals surface area contributed by atoms with E-state index in [1.165, 1.54) is 6.42 Å². The first-order chi connectivity index (χ1) is 10.7. The first kappa shape index (κ1) is 14.0. The predicted octanol–water partition coefficient (Wildman–Crippen LogP) is 1.12. The molecule has 1 saturated carbocycles. The van der Waals surface area contributed by atoms with Crippen molar-refractivity contribution in [3.8, 4) is 5.75 Å². The summed E-state index contributed by atoms with van der Waals surface area (Å²) in [7, 11) is 0. The molecule has 0 aromatic heterocycles. The van der Waals surface area contributed by atoms with Crippen molar-refractivity contribution < 1.29 is 9.53 Å². The van der Waals surface area contributed by atoms with Gasteiger partial charge in [0.15, 0.2) is 0 Å². The maximum absolute atomic E-state index is 13.0. The van der Waals surface area contributed by atoms with Crippen molar-refractivity contribution >= 4 is 5.91 Å². The fraction of sp³-hybridized carbons (Fsp3) is 0.588. The second kappa shape index (κ2) is 5.25. The number of nitrogens with two attached hydrogens (primary N) is 1. The molecule has 3 N–H and O–H groups in total. The number of carbonyl (C=O) groups excluding carboxylic acids is 1. The highest BCUT2D eigenvalue weighted by atomic mass is 16.5. The van der Waals surface area contributed by atoms with Crippen molar-refractivity contribution in [1.29, 1.82) is 0 Å².